The van der Waals surface area contributed by atoms with Crippen molar-refractivity contribution in [1.82, 2.24) is 10.6 Å². The largest absolute Gasteiger partial charge is 0.375 e. The second-order valence-corrected chi connectivity index (χ2v) is 6.25. The number of nitrogens with two attached hydrogens (primary N) is 6. The predicted molar refractivity (Wildman–Crippen MR) is 126 cm³/mol. The van der Waals surface area contributed by atoms with Gasteiger partial charge >= 0.3 is 0 Å². The van der Waals surface area contributed by atoms with Crippen molar-refractivity contribution < 1.29 is 0 Å². The maximum absolute atomic E-state index is 8.48. The Kier molecular flexibility index (Phi) is 16.3. The summed E-state index contributed by atoms with van der Waals surface area (Å²) in [7, 11) is 0. The summed E-state index contributed by atoms with van der Waals surface area (Å²) >= 11 is 0. The van der Waals surface area contributed by atoms with Crippen LogP contribution in [0, 0.1) is 11.3 Å². The predicted octanol–water partition coefficient (Wildman–Crippen LogP) is -2.79. The SMILES string of the molecule is N#CC(N)=NCCCN=C(N)NC(N)=NCCCCCCN=C(N)NC(N)=NCCN. The van der Waals surface area contributed by atoms with Crippen LogP contribution in [-0.4, -0.2) is 68.9 Å². The molecular weight excluding hydrogens is 400 g/mol. The Morgan fingerprint density at radius 2 is 0.968 bits per heavy atom. The Balaban J connectivity index is 3.87. The molecule has 14 nitrogen and oxygen atoms in total. The summed E-state index contributed by atoms with van der Waals surface area (Å²) < 4.78 is 0. The van der Waals surface area contributed by atoms with Crippen molar-refractivity contribution in [2.24, 2.45) is 59.4 Å². The van der Waals surface area contributed by atoms with Gasteiger partial charge in [-0.15, -0.1) is 0 Å². The first-order valence-corrected chi connectivity index (χ1v) is 10.0. The van der Waals surface area contributed by atoms with Gasteiger partial charge in [-0.25, -0.2) is 0 Å². The van der Waals surface area contributed by atoms with Crippen LogP contribution in [0.2, 0.25) is 0 Å². The maximum Gasteiger partial charge on any atom is 0.198 e. The molecule has 0 saturated carbocycles. The van der Waals surface area contributed by atoms with Crippen LogP contribution < -0.4 is 45.0 Å². The van der Waals surface area contributed by atoms with Gasteiger partial charge in [-0.3, -0.25) is 35.6 Å². The van der Waals surface area contributed by atoms with E-state index in [0.29, 0.717) is 45.7 Å². The lowest BCUT2D eigenvalue weighted by Gasteiger charge is -2.05. The Bertz CT molecular complexity index is 685. The number of hydrogen-bond acceptors (Lipinski definition) is 7. The van der Waals surface area contributed by atoms with E-state index in [1.54, 1.807) is 6.07 Å². The minimum absolute atomic E-state index is 0.0467. The van der Waals surface area contributed by atoms with Crippen LogP contribution in [0.25, 0.3) is 0 Å². The average molecular weight is 437 g/mol. The highest BCUT2D eigenvalue weighted by atomic mass is 15.2. The molecule has 0 atom stereocenters. The van der Waals surface area contributed by atoms with Crippen molar-refractivity contribution in [2.45, 2.75) is 32.1 Å². The molecule has 174 valence electrons. The second kappa shape index (κ2) is 18.4. The highest BCUT2D eigenvalue weighted by Crippen LogP contribution is 2.00. The topological polar surface area (TPSA) is 266 Å². The maximum atomic E-state index is 8.48. The lowest BCUT2D eigenvalue weighted by atomic mass is 10.2. The summed E-state index contributed by atoms with van der Waals surface area (Å²) in [5.74, 6) is 0.785. The first-order chi connectivity index (χ1) is 14.9. The highest BCUT2D eigenvalue weighted by Gasteiger charge is 1.97. The van der Waals surface area contributed by atoms with Gasteiger partial charge in [-0.2, -0.15) is 5.26 Å². The number of rotatable bonds is 13. The summed E-state index contributed by atoms with van der Waals surface area (Å²) in [5.41, 5.74) is 33.4. The quantitative estimate of drug-likeness (QED) is 0.0840. The van der Waals surface area contributed by atoms with Gasteiger partial charge in [0.25, 0.3) is 0 Å². The summed E-state index contributed by atoms with van der Waals surface area (Å²) in [4.78, 5) is 20.3. The normalized spacial score (nSPS) is 13.7. The molecule has 0 aliphatic heterocycles. The van der Waals surface area contributed by atoms with Gasteiger partial charge in [0.2, 0.25) is 0 Å². The number of hydrogen-bond donors (Lipinski definition) is 8. The van der Waals surface area contributed by atoms with E-state index >= 15 is 0 Å². The van der Waals surface area contributed by atoms with Crippen molar-refractivity contribution in [3.05, 3.63) is 0 Å². The van der Waals surface area contributed by atoms with Crippen molar-refractivity contribution >= 4 is 29.7 Å². The van der Waals surface area contributed by atoms with Gasteiger partial charge in [0, 0.05) is 32.7 Å². The van der Waals surface area contributed by atoms with Crippen LogP contribution in [0.4, 0.5) is 0 Å². The summed E-state index contributed by atoms with van der Waals surface area (Å²) in [6.45, 7) is 2.87. The fraction of sp³-hybridized carbons (Fsp3) is 0.647. The Labute approximate surface area is 183 Å². The summed E-state index contributed by atoms with van der Waals surface area (Å²) in [6, 6.07) is 1.74. The second-order valence-electron chi connectivity index (χ2n) is 6.25. The van der Waals surface area contributed by atoms with Gasteiger partial charge in [0.15, 0.2) is 29.7 Å². The smallest absolute Gasteiger partial charge is 0.198 e. The van der Waals surface area contributed by atoms with E-state index in [4.69, 9.17) is 39.7 Å². The molecular formula is C17H36N14. The molecule has 14 N–H and O–H groups in total. The first-order valence-electron chi connectivity index (χ1n) is 10.0. The molecule has 0 aromatic heterocycles. The monoisotopic (exact) mass is 436 g/mol. The number of amidine groups is 1. The Hall–Kier alpha value is -3.60. The van der Waals surface area contributed by atoms with Gasteiger partial charge in [0.05, 0.1) is 6.54 Å². The molecule has 0 aliphatic rings. The molecule has 0 amide bonds. The number of aliphatic imine (C=N–C) groups is 5. The van der Waals surface area contributed by atoms with Crippen molar-refractivity contribution in [2.75, 3.05) is 39.3 Å². The van der Waals surface area contributed by atoms with E-state index in [1.165, 1.54) is 0 Å². The molecule has 0 rings (SSSR count). The van der Waals surface area contributed by atoms with E-state index in [-0.39, 0.29) is 29.7 Å². The van der Waals surface area contributed by atoms with Crippen LogP contribution in [0.1, 0.15) is 32.1 Å². The summed E-state index contributed by atoms with van der Waals surface area (Å²) in [5, 5.41) is 13.9. The van der Waals surface area contributed by atoms with E-state index in [0.717, 1.165) is 25.7 Å². The molecule has 0 bridgehead atoms. The summed E-state index contributed by atoms with van der Waals surface area (Å²) in [6.07, 6.45) is 4.36. The minimum atomic E-state index is -0.0467. The molecule has 0 aliphatic carbocycles. The van der Waals surface area contributed by atoms with Crippen LogP contribution in [0.3, 0.4) is 0 Å². The standard InChI is InChI=1S/C17H36N14/c18-6-11-29-17(24)31-15(22)27-8-4-2-1-3-7-26-14(21)30-16(23)28-10-5-9-25-13(20)12-19/h1-11,18H2,(H2,20,25)(H5,21,23,26,28,30)(H5,22,24,27,29,31). The van der Waals surface area contributed by atoms with E-state index < -0.39 is 0 Å². The molecule has 0 unspecified atom stereocenters. The zero-order valence-corrected chi connectivity index (χ0v) is 17.9. The third-order valence-corrected chi connectivity index (χ3v) is 3.55. The van der Waals surface area contributed by atoms with Crippen molar-refractivity contribution in [1.29, 1.82) is 5.26 Å². The number of nitrogens with one attached hydrogen (secondary N) is 2. The number of guanidine groups is 4. The number of unbranched alkanes of at least 4 members (excludes halogenated alkanes) is 3. The third-order valence-electron chi connectivity index (χ3n) is 3.55. The van der Waals surface area contributed by atoms with E-state index in [1.807, 2.05) is 0 Å². The molecule has 0 heterocycles. The molecule has 0 radical (unpaired) electrons. The molecule has 0 fully saturated rings. The average Bonchev–Trinajstić information content (AvgIpc) is 2.73. The molecule has 0 saturated heterocycles. The molecule has 31 heavy (non-hydrogen) atoms. The van der Waals surface area contributed by atoms with Crippen molar-refractivity contribution in [3.63, 3.8) is 0 Å². The highest BCUT2D eigenvalue weighted by molar-refractivity contribution is 5.97. The van der Waals surface area contributed by atoms with Crippen LogP contribution in [0.5, 0.6) is 0 Å². The van der Waals surface area contributed by atoms with Gasteiger partial charge < -0.3 is 34.4 Å². The molecule has 0 spiro atoms. The van der Waals surface area contributed by atoms with Crippen LogP contribution in [0.15, 0.2) is 25.0 Å². The van der Waals surface area contributed by atoms with Gasteiger partial charge in [-0.1, -0.05) is 12.8 Å². The van der Waals surface area contributed by atoms with Gasteiger partial charge in [-0.05, 0) is 19.3 Å². The molecule has 0 aromatic carbocycles. The molecule has 0 aromatic rings. The fourth-order valence-corrected chi connectivity index (χ4v) is 2.09. The zero-order chi connectivity index (χ0) is 23.3. The lowest BCUT2D eigenvalue weighted by molar-refractivity contribution is 0.653. The van der Waals surface area contributed by atoms with E-state index in [2.05, 4.69) is 35.6 Å². The van der Waals surface area contributed by atoms with Crippen molar-refractivity contribution in [3.8, 4) is 6.07 Å². The first kappa shape index (κ1) is 27.4. The fourth-order valence-electron chi connectivity index (χ4n) is 2.09. The lowest BCUT2D eigenvalue weighted by Crippen LogP contribution is -2.42. The van der Waals surface area contributed by atoms with E-state index in [9.17, 15) is 0 Å². The Morgan fingerprint density at radius 3 is 1.39 bits per heavy atom. The minimum Gasteiger partial charge on any atom is -0.375 e. The number of nitriles is 1. The zero-order valence-electron chi connectivity index (χ0n) is 17.9. The third kappa shape index (κ3) is 18.2. The van der Waals surface area contributed by atoms with Crippen LogP contribution in [-0.2, 0) is 0 Å². The number of nitrogens with zero attached hydrogens (tertiary/aromatic N) is 6. The van der Waals surface area contributed by atoms with Crippen LogP contribution >= 0.6 is 0 Å². The molecule has 14 heteroatoms. The van der Waals surface area contributed by atoms with Gasteiger partial charge in [0.1, 0.15) is 6.07 Å². The Morgan fingerprint density at radius 1 is 0.581 bits per heavy atom.